The van der Waals surface area contributed by atoms with Crippen LogP contribution < -0.4 is 10.0 Å². The molecule has 1 aliphatic rings. The predicted octanol–water partition coefficient (Wildman–Crippen LogP) is 2.79. The summed E-state index contributed by atoms with van der Waals surface area (Å²) in [4.78, 5) is 21.1. The van der Waals surface area contributed by atoms with E-state index in [0.29, 0.717) is 40.6 Å². The van der Waals surface area contributed by atoms with E-state index in [-0.39, 0.29) is 29.3 Å². The van der Waals surface area contributed by atoms with Crippen LogP contribution in [0.3, 0.4) is 0 Å². The first-order valence-corrected chi connectivity index (χ1v) is 11.8. The predicted molar refractivity (Wildman–Crippen MR) is 120 cm³/mol. The number of halogens is 1. The number of hydrogen-bond acceptors (Lipinski definition) is 6. The minimum atomic E-state index is -3.37. The lowest BCUT2D eigenvalue weighted by molar-refractivity contribution is 0.0952. The van der Waals surface area contributed by atoms with E-state index in [2.05, 4.69) is 25.1 Å². The zero-order chi connectivity index (χ0) is 23.0. The molecule has 1 fully saturated rings. The molecule has 3 aromatic heterocycles. The monoisotopic (exact) mass is 466 g/mol. The van der Waals surface area contributed by atoms with Crippen molar-refractivity contribution in [3.63, 3.8) is 0 Å². The summed E-state index contributed by atoms with van der Waals surface area (Å²) in [6.45, 7) is 0.198. The van der Waals surface area contributed by atoms with E-state index < -0.39 is 10.0 Å². The fourth-order valence-corrected chi connectivity index (χ4v) is 4.72. The summed E-state index contributed by atoms with van der Waals surface area (Å²) in [5, 5.41) is 7.41. The molecule has 11 heteroatoms. The van der Waals surface area contributed by atoms with E-state index >= 15 is 0 Å². The largest absolute Gasteiger partial charge is 0.348 e. The van der Waals surface area contributed by atoms with Gasteiger partial charge in [0.25, 0.3) is 5.91 Å². The van der Waals surface area contributed by atoms with Gasteiger partial charge in [-0.05, 0) is 48.7 Å². The van der Waals surface area contributed by atoms with Gasteiger partial charge < -0.3 is 5.32 Å². The molecule has 168 valence electrons. The van der Waals surface area contributed by atoms with Gasteiger partial charge in [-0.25, -0.2) is 22.5 Å². The molecule has 5 rings (SSSR count). The van der Waals surface area contributed by atoms with E-state index in [1.807, 2.05) is 0 Å². The molecule has 1 amide bonds. The highest BCUT2D eigenvalue weighted by molar-refractivity contribution is 7.93. The minimum Gasteiger partial charge on any atom is -0.348 e. The van der Waals surface area contributed by atoms with Gasteiger partial charge in [0.05, 0.1) is 34.4 Å². The van der Waals surface area contributed by atoms with Gasteiger partial charge in [-0.1, -0.05) is 6.07 Å². The van der Waals surface area contributed by atoms with Crippen LogP contribution in [0.15, 0.2) is 61.2 Å². The number of aromatic nitrogens is 4. The van der Waals surface area contributed by atoms with Gasteiger partial charge in [0.1, 0.15) is 11.6 Å². The average molecular weight is 466 g/mol. The molecule has 0 unspecified atom stereocenters. The average Bonchev–Trinajstić information content (AvgIpc) is 3.59. The van der Waals surface area contributed by atoms with E-state index in [1.165, 1.54) is 24.5 Å². The lowest BCUT2D eigenvalue weighted by Gasteiger charge is -2.09. The highest BCUT2D eigenvalue weighted by Crippen LogP contribution is 2.29. The Kier molecular flexibility index (Phi) is 5.25. The van der Waals surface area contributed by atoms with Crippen molar-refractivity contribution in [2.24, 2.45) is 0 Å². The Labute approximate surface area is 188 Å². The lowest BCUT2D eigenvalue weighted by atomic mass is 10.1. The third kappa shape index (κ3) is 4.40. The fourth-order valence-electron chi connectivity index (χ4n) is 3.39. The van der Waals surface area contributed by atoms with Crippen LogP contribution in [0.4, 0.5) is 10.2 Å². The summed E-state index contributed by atoms with van der Waals surface area (Å²) in [7, 11) is -3.37. The number of hydrogen-bond donors (Lipinski definition) is 2. The smallest absolute Gasteiger partial charge is 0.253 e. The number of rotatable bonds is 7. The van der Waals surface area contributed by atoms with Crippen molar-refractivity contribution in [3.8, 4) is 5.69 Å². The highest BCUT2D eigenvalue weighted by atomic mass is 32.2. The molecule has 1 aromatic carbocycles. The van der Waals surface area contributed by atoms with Gasteiger partial charge in [0.15, 0.2) is 0 Å². The van der Waals surface area contributed by atoms with Crippen LogP contribution in [0.2, 0.25) is 0 Å². The summed E-state index contributed by atoms with van der Waals surface area (Å²) < 4.78 is 41.3. The van der Waals surface area contributed by atoms with Crippen molar-refractivity contribution in [1.82, 2.24) is 25.1 Å². The maximum atomic E-state index is 13.2. The molecule has 33 heavy (non-hydrogen) atoms. The second-order valence-electron chi connectivity index (χ2n) is 7.73. The highest BCUT2D eigenvalue weighted by Gasteiger charge is 2.35. The number of nitrogens with zero attached hydrogens (tertiary/aromatic N) is 4. The molecule has 0 bridgehead atoms. The van der Waals surface area contributed by atoms with Crippen LogP contribution in [0, 0.1) is 5.82 Å². The van der Waals surface area contributed by atoms with Gasteiger partial charge >= 0.3 is 0 Å². The van der Waals surface area contributed by atoms with Crippen molar-refractivity contribution in [2.45, 2.75) is 24.6 Å². The third-order valence-corrected chi connectivity index (χ3v) is 7.14. The number of amides is 1. The van der Waals surface area contributed by atoms with Crippen LogP contribution in [0.5, 0.6) is 0 Å². The van der Waals surface area contributed by atoms with E-state index in [9.17, 15) is 17.6 Å². The molecule has 0 aliphatic heterocycles. The molecule has 2 N–H and O–H groups in total. The molecule has 0 radical (unpaired) electrons. The molecule has 1 aliphatic carbocycles. The maximum Gasteiger partial charge on any atom is 0.253 e. The van der Waals surface area contributed by atoms with Crippen molar-refractivity contribution < 1.29 is 17.6 Å². The van der Waals surface area contributed by atoms with Gasteiger partial charge in [0.2, 0.25) is 10.0 Å². The van der Waals surface area contributed by atoms with E-state index in [4.69, 9.17) is 0 Å². The first-order valence-electron chi connectivity index (χ1n) is 10.2. The second kappa shape index (κ2) is 8.24. The number of fused-ring (bicyclic) bond motifs is 1. The summed E-state index contributed by atoms with van der Waals surface area (Å²) in [6.07, 6.45) is 7.47. The third-order valence-electron chi connectivity index (χ3n) is 5.30. The first kappa shape index (κ1) is 21.0. The van der Waals surface area contributed by atoms with Crippen LogP contribution in [0.25, 0.3) is 16.6 Å². The van der Waals surface area contributed by atoms with Gasteiger partial charge in [0, 0.05) is 24.3 Å². The zero-order valence-electron chi connectivity index (χ0n) is 17.3. The lowest BCUT2D eigenvalue weighted by Crippen LogP contribution is -2.23. The Morgan fingerprint density at radius 3 is 2.55 bits per heavy atom. The summed E-state index contributed by atoms with van der Waals surface area (Å²) in [6, 6.07) is 9.12. The van der Waals surface area contributed by atoms with E-state index in [1.54, 1.807) is 41.3 Å². The fraction of sp³-hybridized carbons (Fsp3) is 0.182. The van der Waals surface area contributed by atoms with Crippen molar-refractivity contribution >= 4 is 32.7 Å². The second-order valence-corrected chi connectivity index (χ2v) is 9.69. The molecule has 9 nitrogen and oxygen atoms in total. The number of carbonyl (C=O) groups excluding carboxylic acids is 1. The topological polar surface area (TPSA) is 119 Å². The number of pyridine rings is 2. The van der Waals surface area contributed by atoms with Crippen molar-refractivity contribution in [2.75, 3.05) is 4.72 Å². The number of carbonyl (C=O) groups is 1. The summed E-state index contributed by atoms with van der Waals surface area (Å²) in [5.41, 5.74) is 2.32. The molecule has 0 atom stereocenters. The van der Waals surface area contributed by atoms with Crippen LogP contribution in [0.1, 0.15) is 28.8 Å². The van der Waals surface area contributed by atoms with Gasteiger partial charge in [-0.2, -0.15) is 5.10 Å². The standard InChI is InChI=1S/C22H19FN6O3S/c23-15-2-4-16(5-3-15)29-20-13-24-11-19(18(20)12-27-29)22(30)26-10-14-1-8-21(25-9-14)28-33(31,32)17-6-7-17/h1-5,8-9,11-13,17H,6-7,10H2,(H,25,28)(H,26,30). The van der Waals surface area contributed by atoms with Crippen molar-refractivity contribution in [3.05, 3.63) is 78.1 Å². The summed E-state index contributed by atoms with van der Waals surface area (Å²) in [5.74, 6) is -0.444. The Hall–Kier alpha value is -3.86. The SMILES string of the molecule is O=C(NCc1ccc(NS(=O)(=O)C2CC2)nc1)c1cncc2c1cnn2-c1ccc(F)cc1. The molecule has 3 heterocycles. The normalized spacial score (nSPS) is 13.7. The van der Waals surface area contributed by atoms with Crippen LogP contribution in [-0.2, 0) is 16.6 Å². The van der Waals surface area contributed by atoms with Gasteiger partial charge in [-0.15, -0.1) is 0 Å². The Morgan fingerprint density at radius 1 is 1.06 bits per heavy atom. The van der Waals surface area contributed by atoms with Crippen LogP contribution in [-0.4, -0.2) is 39.3 Å². The number of benzene rings is 1. The Bertz CT molecular complexity index is 1430. The zero-order valence-corrected chi connectivity index (χ0v) is 18.1. The molecular weight excluding hydrogens is 447 g/mol. The first-order chi connectivity index (χ1) is 15.9. The molecule has 1 saturated carbocycles. The Balaban J connectivity index is 1.29. The van der Waals surface area contributed by atoms with Crippen molar-refractivity contribution in [1.29, 1.82) is 0 Å². The molecule has 4 aromatic rings. The number of anilines is 1. The molecule has 0 spiro atoms. The number of sulfonamides is 1. The maximum absolute atomic E-state index is 13.2. The number of nitrogens with one attached hydrogen (secondary N) is 2. The molecular formula is C22H19FN6O3S. The summed E-state index contributed by atoms with van der Waals surface area (Å²) >= 11 is 0. The van der Waals surface area contributed by atoms with Gasteiger partial charge in [-0.3, -0.25) is 14.5 Å². The van der Waals surface area contributed by atoms with E-state index in [0.717, 1.165) is 0 Å². The minimum absolute atomic E-state index is 0.198. The molecule has 0 saturated heterocycles. The quantitative estimate of drug-likeness (QED) is 0.432. The van der Waals surface area contributed by atoms with Crippen LogP contribution >= 0.6 is 0 Å². The Morgan fingerprint density at radius 2 is 1.85 bits per heavy atom.